The Balaban J connectivity index is 2.58. The molecule has 3 atom stereocenters. The van der Waals surface area contributed by atoms with Crippen molar-refractivity contribution in [2.24, 2.45) is 5.92 Å². The molecule has 0 aromatic heterocycles. The molecular formula is C15H32N2S. The maximum absolute atomic E-state index is 3.78. The Morgan fingerprint density at radius 3 is 2.67 bits per heavy atom. The minimum absolute atomic E-state index is 0.359. The van der Waals surface area contributed by atoms with E-state index in [1.54, 1.807) is 0 Å². The molecule has 0 aromatic carbocycles. The molecule has 1 saturated heterocycles. The van der Waals surface area contributed by atoms with E-state index in [9.17, 15) is 0 Å². The highest BCUT2D eigenvalue weighted by molar-refractivity contribution is 7.99. The van der Waals surface area contributed by atoms with Crippen LogP contribution in [-0.4, -0.2) is 47.6 Å². The number of nitrogens with zero attached hydrogens (tertiary/aromatic N) is 1. The van der Waals surface area contributed by atoms with E-state index < -0.39 is 0 Å². The lowest BCUT2D eigenvalue weighted by Crippen LogP contribution is -2.64. The summed E-state index contributed by atoms with van der Waals surface area (Å²) in [4.78, 5) is 2.74. The molecule has 0 bridgehead atoms. The van der Waals surface area contributed by atoms with Gasteiger partial charge in [0.2, 0.25) is 0 Å². The number of hydrogen-bond acceptors (Lipinski definition) is 3. The summed E-state index contributed by atoms with van der Waals surface area (Å²) in [5.74, 6) is 3.30. The van der Waals surface area contributed by atoms with Gasteiger partial charge >= 0.3 is 0 Å². The second-order valence-corrected chi connectivity index (χ2v) is 7.26. The van der Waals surface area contributed by atoms with E-state index in [-0.39, 0.29) is 0 Å². The van der Waals surface area contributed by atoms with Crippen molar-refractivity contribution in [3.8, 4) is 0 Å². The van der Waals surface area contributed by atoms with Crippen LogP contribution in [-0.2, 0) is 0 Å². The minimum Gasteiger partial charge on any atom is -0.311 e. The van der Waals surface area contributed by atoms with Gasteiger partial charge in [-0.3, -0.25) is 4.90 Å². The molecule has 0 radical (unpaired) electrons. The van der Waals surface area contributed by atoms with Crippen LogP contribution in [0.25, 0.3) is 0 Å². The van der Waals surface area contributed by atoms with Gasteiger partial charge in [-0.25, -0.2) is 0 Å². The molecule has 1 fully saturated rings. The van der Waals surface area contributed by atoms with Gasteiger partial charge in [-0.1, -0.05) is 34.1 Å². The van der Waals surface area contributed by atoms with E-state index in [0.29, 0.717) is 11.6 Å². The van der Waals surface area contributed by atoms with Crippen LogP contribution in [0.2, 0.25) is 0 Å². The summed E-state index contributed by atoms with van der Waals surface area (Å²) < 4.78 is 0. The third-order valence-corrected chi connectivity index (χ3v) is 5.61. The lowest BCUT2D eigenvalue weighted by molar-refractivity contribution is 0.0421. The highest BCUT2D eigenvalue weighted by Gasteiger charge is 2.37. The maximum atomic E-state index is 3.78. The molecule has 1 N–H and O–H groups in total. The first-order valence-corrected chi connectivity index (χ1v) is 8.79. The van der Waals surface area contributed by atoms with Gasteiger partial charge in [-0.05, 0) is 25.0 Å². The second kappa shape index (κ2) is 7.76. The average molecular weight is 273 g/mol. The molecule has 18 heavy (non-hydrogen) atoms. The molecule has 0 saturated carbocycles. The predicted molar refractivity (Wildman–Crippen MR) is 84.5 cm³/mol. The third-order valence-electron chi connectivity index (χ3n) is 4.73. The summed E-state index contributed by atoms with van der Waals surface area (Å²) in [6, 6.07) is 0.682. The number of thioether (sulfide) groups is 1. The molecule has 0 amide bonds. The maximum Gasteiger partial charge on any atom is 0.0304 e. The van der Waals surface area contributed by atoms with E-state index in [1.165, 1.54) is 37.4 Å². The summed E-state index contributed by atoms with van der Waals surface area (Å²) in [5, 5.41) is 3.78. The zero-order valence-electron chi connectivity index (χ0n) is 13.0. The monoisotopic (exact) mass is 272 g/mol. The van der Waals surface area contributed by atoms with Gasteiger partial charge in [0.1, 0.15) is 0 Å². The van der Waals surface area contributed by atoms with Crippen LogP contribution in [0.1, 0.15) is 47.5 Å². The topological polar surface area (TPSA) is 15.3 Å². The molecule has 3 unspecified atom stereocenters. The van der Waals surface area contributed by atoms with E-state index >= 15 is 0 Å². The number of piperazine rings is 1. The molecule has 1 aliphatic heterocycles. The lowest BCUT2D eigenvalue weighted by atomic mass is 9.88. The van der Waals surface area contributed by atoms with Crippen LogP contribution in [0.5, 0.6) is 0 Å². The Morgan fingerprint density at radius 1 is 1.39 bits per heavy atom. The molecule has 0 aliphatic carbocycles. The van der Waals surface area contributed by atoms with E-state index in [1.807, 2.05) is 0 Å². The van der Waals surface area contributed by atoms with Crippen LogP contribution in [0, 0.1) is 5.92 Å². The predicted octanol–water partition coefficient (Wildman–Crippen LogP) is 3.23. The van der Waals surface area contributed by atoms with Gasteiger partial charge in [0.25, 0.3) is 0 Å². The normalized spacial score (nSPS) is 31.5. The molecule has 1 aliphatic rings. The first kappa shape index (κ1) is 16.3. The van der Waals surface area contributed by atoms with Crippen molar-refractivity contribution in [2.45, 2.75) is 59.0 Å². The Kier molecular flexibility index (Phi) is 7.04. The van der Waals surface area contributed by atoms with Gasteiger partial charge < -0.3 is 5.32 Å². The molecule has 108 valence electrons. The summed E-state index contributed by atoms with van der Waals surface area (Å²) in [6.45, 7) is 15.3. The van der Waals surface area contributed by atoms with Gasteiger partial charge in [0.05, 0.1) is 0 Å². The van der Waals surface area contributed by atoms with Crippen molar-refractivity contribution in [1.82, 2.24) is 10.2 Å². The van der Waals surface area contributed by atoms with Crippen molar-refractivity contribution in [1.29, 1.82) is 0 Å². The summed E-state index contributed by atoms with van der Waals surface area (Å²) in [7, 11) is 0. The molecule has 0 aromatic rings. The quantitative estimate of drug-likeness (QED) is 0.716. The van der Waals surface area contributed by atoms with Crippen LogP contribution in [0.3, 0.4) is 0 Å². The highest BCUT2D eigenvalue weighted by Crippen LogP contribution is 2.25. The van der Waals surface area contributed by atoms with E-state index in [2.05, 4.69) is 56.6 Å². The Hall–Kier alpha value is 0.270. The second-order valence-electron chi connectivity index (χ2n) is 5.87. The first-order valence-electron chi connectivity index (χ1n) is 7.63. The SMILES string of the molecule is CCSCCN1CC(C(C)CC)NCC1(C)CC. The molecule has 1 rings (SSSR count). The van der Waals surface area contributed by atoms with Gasteiger partial charge in [0, 0.05) is 37.0 Å². The van der Waals surface area contributed by atoms with Gasteiger partial charge in [-0.15, -0.1) is 0 Å². The Bertz CT molecular complexity index is 235. The summed E-state index contributed by atoms with van der Waals surface area (Å²) >= 11 is 2.07. The number of nitrogens with one attached hydrogen (secondary N) is 1. The Labute approximate surface area is 118 Å². The van der Waals surface area contributed by atoms with Gasteiger partial charge in [-0.2, -0.15) is 11.8 Å². The van der Waals surface area contributed by atoms with E-state index in [0.717, 1.165) is 12.5 Å². The van der Waals surface area contributed by atoms with Crippen LogP contribution in [0.4, 0.5) is 0 Å². The molecule has 1 heterocycles. The largest absolute Gasteiger partial charge is 0.311 e. The number of hydrogen-bond donors (Lipinski definition) is 1. The van der Waals surface area contributed by atoms with Crippen molar-refractivity contribution >= 4 is 11.8 Å². The van der Waals surface area contributed by atoms with Crippen molar-refractivity contribution in [3.05, 3.63) is 0 Å². The highest BCUT2D eigenvalue weighted by atomic mass is 32.2. The van der Waals surface area contributed by atoms with E-state index in [4.69, 9.17) is 0 Å². The van der Waals surface area contributed by atoms with Crippen LogP contribution < -0.4 is 5.32 Å². The average Bonchev–Trinajstić information content (AvgIpc) is 2.40. The minimum atomic E-state index is 0.359. The summed E-state index contributed by atoms with van der Waals surface area (Å²) in [5.41, 5.74) is 0.359. The molecule has 2 nitrogen and oxygen atoms in total. The lowest BCUT2D eigenvalue weighted by Gasteiger charge is -2.49. The molecule has 0 spiro atoms. The fraction of sp³-hybridized carbons (Fsp3) is 1.00. The zero-order valence-corrected chi connectivity index (χ0v) is 13.8. The fourth-order valence-electron chi connectivity index (χ4n) is 2.68. The zero-order chi connectivity index (χ0) is 13.6. The standard InChI is InChI=1S/C15H32N2S/c1-6-13(4)14-11-17(9-10-18-8-3)15(5,7-2)12-16-14/h13-14,16H,6-12H2,1-5H3. The smallest absolute Gasteiger partial charge is 0.0304 e. The van der Waals surface area contributed by atoms with Crippen molar-refractivity contribution in [2.75, 3.05) is 31.1 Å². The van der Waals surface area contributed by atoms with Crippen molar-refractivity contribution in [3.63, 3.8) is 0 Å². The third kappa shape index (κ3) is 4.14. The Morgan fingerprint density at radius 2 is 2.11 bits per heavy atom. The van der Waals surface area contributed by atoms with Crippen LogP contribution >= 0.6 is 11.8 Å². The van der Waals surface area contributed by atoms with Crippen LogP contribution in [0.15, 0.2) is 0 Å². The first-order chi connectivity index (χ1) is 8.57. The molecule has 3 heteroatoms. The summed E-state index contributed by atoms with van der Waals surface area (Å²) in [6.07, 6.45) is 2.52. The number of rotatable bonds is 7. The molecular weight excluding hydrogens is 240 g/mol. The van der Waals surface area contributed by atoms with Crippen molar-refractivity contribution < 1.29 is 0 Å². The fourth-order valence-corrected chi connectivity index (χ4v) is 3.32. The van der Waals surface area contributed by atoms with Gasteiger partial charge in [0.15, 0.2) is 0 Å².